The van der Waals surface area contributed by atoms with Gasteiger partial charge in [0, 0.05) is 27.5 Å². The zero-order chi connectivity index (χ0) is 14.5. The smallest absolute Gasteiger partial charge is 0.0148 e. The Bertz CT molecular complexity index is 550. The van der Waals surface area contributed by atoms with E-state index in [0.29, 0.717) is 12.0 Å². The van der Waals surface area contributed by atoms with Crippen LogP contribution in [0, 0.1) is 0 Å². The van der Waals surface area contributed by atoms with E-state index in [0.717, 1.165) is 6.54 Å². The third-order valence-corrected chi connectivity index (χ3v) is 6.31. The molecule has 0 fully saturated rings. The van der Waals surface area contributed by atoms with E-state index in [1.54, 1.807) is 5.56 Å². The highest BCUT2D eigenvalue weighted by Gasteiger charge is 2.29. The van der Waals surface area contributed by atoms with Crippen LogP contribution in [0.25, 0.3) is 0 Å². The molecule has 1 aliphatic heterocycles. The van der Waals surface area contributed by atoms with Crippen molar-refractivity contribution in [3.63, 3.8) is 0 Å². The Morgan fingerprint density at radius 2 is 2.14 bits per heavy atom. The Morgan fingerprint density at radius 3 is 2.95 bits per heavy atom. The van der Waals surface area contributed by atoms with Gasteiger partial charge in [0.15, 0.2) is 0 Å². The molecule has 1 N–H and O–H groups in total. The van der Waals surface area contributed by atoms with Crippen LogP contribution in [0.5, 0.6) is 0 Å². The van der Waals surface area contributed by atoms with Crippen LogP contribution >= 0.6 is 23.1 Å². The molecule has 1 aromatic heterocycles. The first kappa shape index (κ1) is 15.1. The van der Waals surface area contributed by atoms with Crippen LogP contribution in [-0.2, 0) is 6.42 Å². The second-order valence-corrected chi connectivity index (χ2v) is 7.73. The molecule has 2 aromatic rings. The summed E-state index contributed by atoms with van der Waals surface area (Å²) >= 11 is 3.91. The lowest BCUT2D eigenvalue weighted by molar-refractivity contribution is 0.430. The fourth-order valence-corrected chi connectivity index (χ4v) is 5.10. The summed E-state index contributed by atoms with van der Waals surface area (Å²) in [5.74, 6) is 1.89. The van der Waals surface area contributed by atoms with Crippen molar-refractivity contribution in [2.75, 3.05) is 12.3 Å². The van der Waals surface area contributed by atoms with Crippen molar-refractivity contribution in [2.45, 2.75) is 43.0 Å². The Labute approximate surface area is 136 Å². The van der Waals surface area contributed by atoms with Crippen LogP contribution in [0.4, 0.5) is 0 Å². The minimum absolute atomic E-state index is 0.600. The SMILES string of the molecule is CCCNC(CCc1cccs1)C1CSc2ccccc21. The van der Waals surface area contributed by atoms with Gasteiger partial charge < -0.3 is 5.32 Å². The molecular formula is C18H23NS2. The van der Waals surface area contributed by atoms with E-state index in [1.165, 1.54) is 34.8 Å². The van der Waals surface area contributed by atoms with Crippen LogP contribution in [0.15, 0.2) is 46.7 Å². The molecule has 0 bridgehead atoms. The first-order valence-corrected chi connectivity index (χ1v) is 9.72. The quantitative estimate of drug-likeness (QED) is 0.776. The maximum absolute atomic E-state index is 3.81. The van der Waals surface area contributed by atoms with Gasteiger partial charge in [-0.1, -0.05) is 31.2 Å². The molecule has 3 heteroatoms. The highest BCUT2D eigenvalue weighted by molar-refractivity contribution is 7.99. The normalized spacial score (nSPS) is 18.6. The fourth-order valence-electron chi connectivity index (χ4n) is 3.05. The second-order valence-electron chi connectivity index (χ2n) is 5.63. The standard InChI is InChI=1S/C18H23NS2/c1-2-11-19-17(10-9-14-6-5-12-20-14)16-13-21-18-8-4-3-7-15(16)18/h3-8,12,16-17,19H,2,9-11,13H2,1H3. The van der Waals surface area contributed by atoms with Gasteiger partial charge in [-0.3, -0.25) is 0 Å². The number of rotatable bonds is 7. The van der Waals surface area contributed by atoms with Crippen molar-refractivity contribution in [3.05, 3.63) is 52.2 Å². The summed E-state index contributed by atoms with van der Waals surface area (Å²) in [5.41, 5.74) is 1.56. The summed E-state index contributed by atoms with van der Waals surface area (Å²) < 4.78 is 0. The summed E-state index contributed by atoms with van der Waals surface area (Å²) in [4.78, 5) is 3.00. The Morgan fingerprint density at radius 1 is 1.24 bits per heavy atom. The summed E-state index contributed by atoms with van der Waals surface area (Å²) in [5, 5.41) is 5.99. The Hall–Kier alpha value is -0.770. The van der Waals surface area contributed by atoms with E-state index in [1.807, 2.05) is 23.1 Å². The lowest BCUT2D eigenvalue weighted by Crippen LogP contribution is -2.36. The molecule has 1 nitrogen and oxygen atoms in total. The van der Waals surface area contributed by atoms with Crippen molar-refractivity contribution < 1.29 is 0 Å². The largest absolute Gasteiger partial charge is 0.313 e. The van der Waals surface area contributed by atoms with E-state index in [9.17, 15) is 0 Å². The molecule has 0 radical (unpaired) electrons. The molecule has 1 aliphatic rings. The molecule has 0 saturated heterocycles. The van der Waals surface area contributed by atoms with Gasteiger partial charge in [-0.05, 0) is 48.9 Å². The maximum Gasteiger partial charge on any atom is 0.0148 e. The van der Waals surface area contributed by atoms with E-state index < -0.39 is 0 Å². The molecule has 2 atom stereocenters. The number of hydrogen-bond donors (Lipinski definition) is 1. The lowest BCUT2D eigenvalue weighted by atomic mass is 9.90. The summed E-state index contributed by atoms with van der Waals surface area (Å²) in [7, 11) is 0. The van der Waals surface area contributed by atoms with Crippen molar-refractivity contribution in [3.8, 4) is 0 Å². The predicted octanol–water partition coefficient (Wildman–Crippen LogP) is 4.94. The zero-order valence-corrected chi connectivity index (χ0v) is 14.2. The first-order chi connectivity index (χ1) is 10.4. The van der Waals surface area contributed by atoms with Crippen LogP contribution < -0.4 is 5.32 Å². The molecular weight excluding hydrogens is 294 g/mol. The van der Waals surface area contributed by atoms with Crippen LogP contribution in [0.3, 0.4) is 0 Å². The van der Waals surface area contributed by atoms with Crippen molar-refractivity contribution in [1.29, 1.82) is 0 Å². The molecule has 1 aromatic carbocycles. The molecule has 112 valence electrons. The number of aryl methyl sites for hydroxylation is 1. The number of fused-ring (bicyclic) bond motifs is 1. The van der Waals surface area contributed by atoms with Gasteiger partial charge in [0.25, 0.3) is 0 Å². The minimum atomic E-state index is 0.600. The van der Waals surface area contributed by atoms with E-state index in [2.05, 4.69) is 54.0 Å². The van der Waals surface area contributed by atoms with Crippen LogP contribution in [0.1, 0.15) is 36.1 Å². The third-order valence-electron chi connectivity index (χ3n) is 4.16. The van der Waals surface area contributed by atoms with Crippen LogP contribution in [0.2, 0.25) is 0 Å². The monoisotopic (exact) mass is 317 g/mol. The molecule has 0 saturated carbocycles. The average Bonchev–Trinajstić information content (AvgIpc) is 3.17. The molecule has 2 heterocycles. The highest BCUT2D eigenvalue weighted by atomic mass is 32.2. The van der Waals surface area contributed by atoms with Gasteiger partial charge in [-0.15, -0.1) is 23.1 Å². The number of benzene rings is 1. The fraction of sp³-hybridized carbons (Fsp3) is 0.444. The Balaban J connectivity index is 1.70. The first-order valence-electron chi connectivity index (χ1n) is 7.86. The molecule has 2 unspecified atom stereocenters. The number of thiophene rings is 1. The van der Waals surface area contributed by atoms with Crippen molar-refractivity contribution in [2.24, 2.45) is 0 Å². The van der Waals surface area contributed by atoms with E-state index in [4.69, 9.17) is 0 Å². The van der Waals surface area contributed by atoms with Crippen molar-refractivity contribution in [1.82, 2.24) is 5.32 Å². The van der Waals surface area contributed by atoms with Gasteiger partial charge >= 0.3 is 0 Å². The van der Waals surface area contributed by atoms with Gasteiger partial charge in [0.05, 0.1) is 0 Å². The van der Waals surface area contributed by atoms with Gasteiger partial charge in [0.1, 0.15) is 0 Å². The van der Waals surface area contributed by atoms with Crippen LogP contribution in [-0.4, -0.2) is 18.3 Å². The number of thioether (sulfide) groups is 1. The van der Waals surface area contributed by atoms with Gasteiger partial charge in [0.2, 0.25) is 0 Å². The summed E-state index contributed by atoms with van der Waals surface area (Å²) in [6, 6.07) is 14.0. The van der Waals surface area contributed by atoms with Gasteiger partial charge in [-0.2, -0.15) is 0 Å². The molecule has 21 heavy (non-hydrogen) atoms. The number of nitrogens with one attached hydrogen (secondary N) is 1. The average molecular weight is 318 g/mol. The molecule has 0 amide bonds. The molecule has 0 spiro atoms. The second kappa shape index (κ2) is 7.48. The van der Waals surface area contributed by atoms with Gasteiger partial charge in [-0.25, -0.2) is 0 Å². The predicted molar refractivity (Wildman–Crippen MR) is 94.6 cm³/mol. The summed E-state index contributed by atoms with van der Waals surface area (Å²) in [6.45, 7) is 3.37. The topological polar surface area (TPSA) is 12.0 Å². The van der Waals surface area contributed by atoms with Crippen molar-refractivity contribution >= 4 is 23.1 Å². The number of hydrogen-bond acceptors (Lipinski definition) is 3. The highest BCUT2D eigenvalue weighted by Crippen LogP contribution is 2.41. The molecule has 3 rings (SSSR count). The summed E-state index contributed by atoms with van der Waals surface area (Å²) in [6.07, 6.45) is 3.64. The molecule has 0 aliphatic carbocycles. The third kappa shape index (κ3) is 3.71. The maximum atomic E-state index is 3.81. The lowest BCUT2D eigenvalue weighted by Gasteiger charge is -2.25. The minimum Gasteiger partial charge on any atom is -0.313 e. The van der Waals surface area contributed by atoms with E-state index in [-0.39, 0.29) is 0 Å². The van der Waals surface area contributed by atoms with E-state index >= 15 is 0 Å². The zero-order valence-electron chi connectivity index (χ0n) is 12.5. The Kier molecular flexibility index (Phi) is 5.39.